The summed E-state index contributed by atoms with van der Waals surface area (Å²) < 4.78 is 32.2. The summed E-state index contributed by atoms with van der Waals surface area (Å²) in [6.45, 7) is 2.64. The van der Waals surface area contributed by atoms with E-state index in [2.05, 4.69) is 30.5 Å². The molecule has 0 aromatic carbocycles. The standard InChI is InChI=1S/C30H56NO10P/c1-3-5-7-9-11-12-13-14-15-16-18-20-22-29(33)41-26(23-38-28(32)21-19-17-10-8-6-4-2)24-39-42(36,37)40-25-27(31)30(34)35/h11-12,26-27H,3-10,13-25,31H2,1-2H3,(H,34,35)(H,36,37)/b12-11-. The number of carboxylic acids is 1. The number of hydrogen-bond acceptors (Lipinski definition) is 9. The van der Waals surface area contributed by atoms with Crippen molar-refractivity contribution >= 4 is 25.7 Å². The van der Waals surface area contributed by atoms with Crippen LogP contribution in [0.5, 0.6) is 0 Å². The van der Waals surface area contributed by atoms with Crippen molar-refractivity contribution in [2.24, 2.45) is 5.73 Å². The van der Waals surface area contributed by atoms with Crippen LogP contribution in [0.25, 0.3) is 0 Å². The Morgan fingerprint density at radius 3 is 1.79 bits per heavy atom. The van der Waals surface area contributed by atoms with E-state index in [0.717, 1.165) is 70.6 Å². The van der Waals surface area contributed by atoms with Crippen LogP contribution in [0.2, 0.25) is 0 Å². The van der Waals surface area contributed by atoms with E-state index in [1.165, 1.54) is 19.3 Å². The first-order chi connectivity index (χ1) is 20.1. The third-order valence-electron chi connectivity index (χ3n) is 6.51. The molecular weight excluding hydrogens is 565 g/mol. The van der Waals surface area contributed by atoms with Gasteiger partial charge in [-0.05, 0) is 38.5 Å². The zero-order chi connectivity index (χ0) is 31.5. The molecule has 3 unspecified atom stereocenters. The van der Waals surface area contributed by atoms with Crippen molar-refractivity contribution in [2.75, 3.05) is 19.8 Å². The van der Waals surface area contributed by atoms with Gasteiger partial charge in [-0.3, -0.25) is 23.4 Å². The number of allylic oxidation sites excluding steroid dienone is 2. The van der Waals surface area contributed by atoms with E-state index in [-0.39, 0.29) is 19.4 Å². The number of ether oxygens (including phenoxy) is 2. The predicted molar refractivity (Wildman–Crippen MR) is 162 cm³/mol. The number of carbonyl (C=O) groups is 3. The third kappa shape index (κ3) is 25.9. The van der Waals surface area contributed by atoms with Crippen molar-refractivity contribution in [1.29, 1.82) is 0 Å². The summed E-state index contributed by atoms with van der Waals surface area (Å²) in [5.41, 5.74) is 5.28. The number of nitrogens with two attached hydrogens (primary N) is 1. The molecule has 0 amide bonds. The fraction of sp³-hybridized carbons (Fsp3) is 0.833. The highest BCUT2D eigenvalue weighted by Crippen LogP contribution is 2.43. The Morgan fingerprint density at radius 1 is 0.714 bits per heavy atom. The van der Waals surface area contributed by atoms with Crippen LogP contribution < -0.4 is 5.73 Å². The molecule has 0 rings (SSSR count). The lowest BCUT2D eigenvalue weighted by molar-refractivity contribution is -0.161. The summed E-state index contributed by atoms with van der Waals surface area (Å²) in [5, 5.41) is 8.79. The van der Waals surface area contributed by atoms with E-state index in [9.17, 15) is 23.8 Å². The molecule has 0 bridgehead atoms. The van der Waals surface area contributed by atoms with Crippen molar-refractivity contribution < 1.29 is 47.5 Å². The van der Waals surface area contributed by atoms with Crippen LogP contribution in [0, 0.1) is 0 Å². The van der Waals surface area contributed by atoms with E-state index < -0.39 is 51.1 Å². The summed E-state index contributed by atoms with van der Waals surface area (Å²) in [4.78, 5) is 45.2. The molecule has 0 aliphatic carbocycles. The number of carboxylic acid groups (broad SMARTS) is 1. The van der Waals surface area contributed by atoms with Crippen molar-refractivity contribution in [3.05, 3.63) is 12.2 Å². The van der Waals surface area contributed by atoms with Gasteiger partial charge in [0.05, 0.1) is 13.2 Å². The van der Waals surface area contributed by atoms with Crippen LogP contribution in [-0.4, -0.2) is 59.9 Å². The number of esters is 2. The molecule has 11 nitrogen and oxygen atoms in total. The number of aliphatic carboxylic acids is 1. The minimum atomic E-state index is -4.69. The van der Waals surface area contributed by atoms with E-state index in [1.807, 2.05) is 0 Å². The first-order valence-electron chi connectivity index (χ1n) is 15.7. The van der Waals surface area contributed by atoms with Crippen molar-refractivity contribution in [1.82, 2.24) is 0 Å². The number of rotatable bonds is 29. The molecule has 0 aromatic rings. The van der Waals surface area contributed by atoms with Gasteiger partial charge in [0.25, 0.3) is 0 Å². The monoisotopic (exact) mass is 621 g/mol. The Labute approximate surface area is 252 Å². The topological polar surface area (TPSA) is 172 Å². The van der Waals surface area contributed by atoms with Gasteiger partial charge >= 0.3 is 25.7 Å². The second-order valence-electron chi connectivity index (χ2n) is 10.6. The molecule has 0 heterocycles. The van der Waals surface area contributed by atoms with E-state index in [4.69, 9.17) is 24.8 Å². The second-order valence-corrected chi connectivity index (χ2v) is 12.0. The lowest BCUT2D eigenvalue weighted by Gasteiger charge is -2.20. The number of phosphoric acid groups is 1. The molecular formula is C30H56NO10P. The maximum Gasteiger partial charge on any atom is 0.472 e. The highest BCUT2D eigenvalue weighted by molar-refractivity contribution is 7.47. The van der Waals surface area contributed by atoms with Gasteiger partial charge in [0.15, 0.2) is 6.10 Å². The molecule has 246 valence electrons. The average molecular weight is 622 g/mol. The van der Waals surface area contributed by atoms with Gasteiger partial charge in [0.2, 0.25) is 0 Å². The van der Waals surface area contributed by atoms with Gasteiger partial charge in [-0.2, -0.15) is 0 Å². The van der Waals surface area contributed by atoms with Crippen LogP contribution in [0.4, 0.5) is 0 Å². The summed E-state index contributed by atoms with van der Waals surface area (Å²) in [7, 11) is -4.69. The van der Waals surface area contributed by atoms with Gasteiger partial charge in [-0.1, -0.05) is 90.2 Å². The lowest BCUT2D eigenvalue weighted by Crippen LogP contribution is -2.34. The molecule has 0 saturated heterocycles. The minimum absolute atomic E-state index is 0.153. The highest BCUT2D eigenvalue weighted by Gasteiger charge is 2.28. The summed E-state index contributed by atoms with van der Waals surface area (Å²) in [5.74, 6) is -2.40. The van der Waals surface area contributed by atoms with Crippen LogP contribution in [0.1, 0.15) is 129 Å². The number of unbranched alkanes of at least 4 members (excludes halogenated alkanes) is 13. The average Bonchev–Trinajstić information content (AvgIpc) is 2.95. The fourth-order valence-electron chi connectivity index (χ4n) is 3.94. The van der Waals surface area contributed by atoms with Crippen LogP contribution in [-0.2, 0) is 37.5 Å². The molecule has 0 fully saturated rings. The zero-order valence-corrected chi connectivity index (χ0v) is 26.7. The Balaban J connectivity index is 4.53. The van der Waals surface area contributed by atoms with Gasteiger partial charge < -0.3 is 25.2 Å². The van der Waals surface area contributed by atoms with Crippen molar-refractivity contribution in [3.63, 3.8) is 0 Å². The Hall–Kier alpha value is -1.78. The van der Waals surface area contributed by atoms with Gasteiger partial charge in [-0.15, -0.1) is 0 Å². The predicted octanol–water partition coefficient (Wildman–Crippen LogP) is 6.60. The third-order valence-corrected chi connectivity index (χ3v) is 7.46. The summed E-state index contributed by atoms with van der Waals surface area (Å²) in [6, 6.07) is -1.52. The maximum absolute atomic E-state index is 12.4. The maximum atomic E-state index is 12.4. The van der Waals surface area contributed by atoms with E-state index in [1.54, 1.807) is 0 Å². The number of phosphoric ester groups is 1. The van der Waals surface area contributed by atoms with E-state index in [0.29, 0.717) is 12.8 Å². The van der Waals surface area contributed by atoms with Gasteiger partial charge in [0, 0.05) is 12.8 Å². The molecule has 0 saturated carbocycles. The van der Waals surface area contributed by atoms with Crippen LogP contribution in [0.15, 0.2) is 12.2 Å². The smallest absolute Gasteiger partial charge is 0.472 e. The fourth-order valence-corrected chi connectivity index (χ4v) is 4.72. The molecule has 12 heteroatoms. The second kappa shape index (κ2) is 26.8. The molecule has 42 heavy (non-hydrogen) atoms. The van der Waals surface area contributed by atoms with Crippen molar-refractivity contribution in [2.45, 2.75) is 142 Å². The Kier molecular flexibility index (Phi) is 25.7. The molecule has 0 spiro atoms. The Bertz CT molecular complexity index is 792. The lowest BCUT2D eigenvalue weighted by atomic mass is 10.1. The largest absolute Gasteiger partial charge is 0.480 e. The quantitative estimate of drug-likeness (QED) is 0.0355. The van der Waals surface area contributed by atoms with Gasteiger partial charge in [0.1, 0.15) is 12.6 Å². The SMILES string of the molecule is CCCCC/C=C\CCCCCCCC(=O)OC(COC(=O)CCCCCCCC)COP(=O)(O)OCC(N)C(=O)O. The highest BCUT2D eigenvalue weighted by atomic mass is 31.2. The molecule has 3 atom stereocenters. The Morgan fingerprint density at radius 2 is 1.19 bits per heavy atom. The molecule has 4 N–H and O–H groups in total. The van der Waals surface area contributed by atoms with Crippen LogP contribution in [0.3, 0.4) is 0 Å². The molecule has 0 aromatic heterocycles. The first kappa shape index (κ1) is 40.2. The first-order valence-corrected chi connectivity index (χ1v) is 17.2. The zero-order valence-electron chi connectivity index (χ0n) is 25.8. The number of carbonyl (C=O) groups excluding carboxylic acids is 2. The molecule has 0 radical (unpaired) electrons. The number of hydrogen-bond donors (Lipinski definition) is 3. The summed E-state index contributed by atoms with van der Waals surface area (Å²) >= 11 is 0. The normalized spacial score (nSPS) is 14.4. The molecule has 0 aliphatic rings. The molecule has 0 aliphatic heterocycles. The van der Waals surface area contributed by atoms with E-state index >= 15 is 0 Å². The summed E-state index contributed by atoms with van der Waals surface area (Å²) in [6.07, 6.45) is 20.4. The van der Waals surface area contributed by atoms with Gasteiger partial charge in [-0.25, -0.2) is 4.57 Å². The van der Waals surface area contributed by atoms with Crippen LogP contribution >= 0.6 is 7.82 Å². The minimum Gasteiger partial charge on any atom is -0.480 e. The van der Waals surface area contributed by atoms with Crippen molar-refractivity contribution in [3.8, 4) is 0 Å².